The molecule has 23 heavy (non-hydrogen) atoms. The molecule has 1 fully saturated rings. The monoisotopic (exact) mass is 330 g/mol. The molecule has 0 spiro atoms. The van der Waals surface area contributed by atoms with Crippen LogP contribution in [0.4, 0.5) is 0 Å². The fraction of sp³-hybridized carbons (Fsp3) is 0.389. The average Bonchev–Trinajstić information content (AvgIpc) is 3.07. The first kappa shape index (κ1) is 16.0. The summed E-state index contributed by atoms with van der Waals surface area (Å²) in [5.74, 6) is 0.667. The zero-order valence-corrected chi connectivity index (χ0v) is 13.9. The third-order valence-corrected chi connectivity index (χ3v) is 5.11. The van der Waals surface area contributed by atoms with E-state index in [1.54, 1.807) is 23.5 Å². The van der Waals surface area contributed by atoms with Gasteiger partial charge in [-0.3, -0.25) is 9.69 Å². The lowest BCUT2D eigenvalue weighted by Crippen LogP contribution is -2.38. The predicted octanol–water partition coefficient (Wildman–Crippen LogP) is 3.10. The van der Waals surface area contributed by atoms with Crippen molar-refractivity contribution < 1.29 is 9.90 Å². The van der Waals surface area contributed by atoms with E-state index in [9.17, 15) is 9.90 Å². The largest absolute Gasteiger partial charge is 0.508 e. The molecule has 1 aromatic carbocycles. The minimum atomic E-state index is -0.0642. The van der Waals surface area contributed by atoms with Crippen molar-refractivity contribution in [1.29, 1.82) is 0 Å². The Labute approximate surface area is 140 Å². The highest BCUT2D eigenvalue weighted by atomic mass is 32.1. The van der Waals surface area contributed by atoms with Crippen LogP contribution in [0.2, 0.25) is 0 Å². The molecule has 0 unspecified atom stereocenters. The summed E-state index contributed by atoms with van der Waals surface area (Å²) in [5.41, 5.74) is 1.99. The molecule has 0 bridgehead atoms. The van der Waals surface area contributed by atoms with Crippen LogP contribution in [0, 0.1) is 5.92 Å². The fourth-order valence-corrected chi connectivity index (χ4v) is 3.60. The second kappa shape index (κ2) is 7.62. The molecule has 1 amide bonds. The van der Waals surface area contributed by atoms with Crippen molar-refractivity contribution in [3.05, 3.63) is 52.2 Å². The van der Waals surface area contributed by atoms with Gasteiger partial charge in [-0.25, -0.2) is 0 Å². The lowest BCUT2D eigenvalue weighted by atomic mass is 9.96. The quantitative estimate of drug-likeness (QED) is 0.886. The van der Waals surface area contributed by atoms with Crippen LogP contribution in [0.5, 0.6) is 5.75 Å². The van der Waals surface area contributed by atoms with Gasteiger partial charge in [0.15, 0.2) is 0 Å². The lowest BCUT2D eigenvalue weighted by Gasteiger charge is -2.31. The van der Waals surface area contributed by atoms with Gasteiger partial charge < -0.3 is 10.4 Å². The first-order valence-electron chi connectivity index (χ1n) is 8.01. The van der Waals surface area contributed by atoms with Crippen molar-refractivity contribution in [2.45, 2.75) is 19.4 Å². The number of hydrogen-bond donors (Lipinski definition) is 2. The number of hydrogen-bond acceptors (Lipinski definition) is 4. The standard InChI is InChI=1S/C18H22N2O2S/c21-17-3-1-16(2-4-17)18(22)19-11-14-5-8-20(9-6-14)12-15-7-10-23-13-15/h1-4,7,10,13-14,21H,5-6,8-9,11-12H2,(H,19,22). The lowest BCUT2D eigenvalue weighted by molar-refractivity contribution is 0.0935. The summed E-state index contributed by atoms with van der Waals surface area (Å²) in [6.07, 6.45) is 2.25. The van der Waals surface area contributed by atoms with E-state index in [2.05, 4.69) is 27.0 Å². The van der Waals surface area contributed by atoms with Crippen molar-refractivity contribution >= 4 is 17.2 Å². The molecule has 1 aliphatic rings. The van der Waals surface area contributed by atoms with Gasteiger partial charge in [0.2, 0.25) is 0 Å². The van der Waals surface area contributed by atoms with E-state index in [1.807, 2.05) is 0 Å². The molecule has 1 aromatic heterocycles. The number of piperidine rings is 1. The van der Waals surface area contributed by atoms with Gasteiger partial charge in [-0.05, 0) is 78.5 Å². The second-order valence-electron chi connectivity index (χ2n) is 6.11. The summed E-state index contributed by atoms with van der Waals surface area (Å²) >= 11 is 1.75. The van der Waals surface area contributed by atoms with Gasteiger partial charge >= 0.3 is 0 Å². The Bertz CT molecular complexity index is 617. The zero-order valence-electron chi connectivity index (χ0n) is 13.1. The first-order chi connectivity index (χ1) is 11.2. The molecular weight excluding hydrogens is 308 g/mol. The predicted molar refractivity (Wildman–Crippen MR) is 92.8 cm³/mol. The average molecular weight is 330 g/mol. The fourth-order valence-electron chi connectivity index (χ4n) is 2.94. The van der Waals surface area contributed by atoms with Crippen LogP contribution in [0.3, 0.4) is 0 Å². The Kier molecular flexibility index (Phi) is 5.31. The summed E-state index contributed by atoms with van der Waals surface area (Å²) in [7, 11) is 0. The molecule has 1 saturated heterocycles. The normalized spacial score (nSPS) is 16.3. The van der Waals surface area contributed by atoms with Crippen LogP contribution in [0.1, 0.15) is 28.8 Å². The number of nitrogens with one attached hydrogen (secondary N) is 1. The molecule has 2 N–H and O–H groups in total. The Hall–Kier alpha value is -1.85. The molecule has 0 radical (unpaired) electrons. The molecule has 122 valence electrons. The van der Waals surface area contributed by atoms with Gasteiger partial charge in [0.25, 0.3) is 5.91 Å². The zero-order chi connectivity index (χ0) is 16.1. The van der Waals surface area contributed by atoms with Gasteiger partial charge in [-0.1, -0.05) is 0 Å². The topological polar surface area (TPSA) is 52.6 Å². The molecule has 0 saturated carbocycles. The maximum Gasteiger partial charge on any atom is 0.251 e. The minimum Gasteiger partial charge on any atom is -0.508 e. The second-order valence-corrected chi connectivity index (χ2v) is 6.89. The molecule has 2 aromatic rings. The summed E-state index contributed by atoms with van der Waals surface area (Å²) in [6.45, 7) is 3.95. The molecule has 0 aliphatic carbocycles. The number of phenols is 1. The number of aromatic hydroxyl groups is 1. The number of amides is 1. The summed E-state index contributed by atoms with van der Waals surface area (Å²) in [6, 6.07) is 8.56. The van der Waals surface area contributed by atoms with Crippen molar-refractivity contribution in [2.75, 3.05) is 19.6 Å². The molecule has 4 nitrogen and oxygen atoms in total. The number of benzene rings is 1. The maximum absolute atomic E-state index is 12.1. The van der Waals surface area contributed by atoms with Crippen LogP contribution in [-0.4, -0.2) is 35.5 Å². The summed E-state index contributed by atoms with van der Waals surface area (Å²) in [5, 5.41) is 16.6. The molecule has 2 heterocycles. The number of thiophene rings is 1. The number of likely N-dealkylation sites (tertiary alicyclic amines) is 1. The van der Waals surface area contributed by atoms with Crippen molar-refractivity contribution in [1.82, 2.24) is 10.2 Å². The summed E-state index contributed by atoms with van der Waals surface area (Å²) in [4.78, 5) is 14.6. The smallest absolute Gasteiger partial charge is 0.251 e. The van der Waals surface area contributed by atoms with Crippen LogP contribution in [-0.2, 0) is 6.54 Å². The number of carbonyl (C=O) groups is 1. The van der Waals surface area contributed by atoms with E-state index in [-0.39, 0.29) is 11.7 Å². The van der Waals surface area contributed by atoms with Crippen LogP contribution in [0.25, 0.3) is 0 Å². The van der Waals surface area contributed by atoms with E-state index in [0.29, 0.717) is 11.5 Å². The van der Waals surface area contributed by atoms with E-state index >= 15 is 0 Å². The molecule has 0 atom stereocenters. The Morgan fingerprint density at radius 2 is 1.96 bits per heavy atom. The van der Waals surface area contributed by atoms with Crippen molar-refractivity contribution in [3.8, 4) is 5.75 Å². The maximum atomic E-state index is 12.1. The van der Waals surface area contributed by atoms with Crippen LogP contribution < -0.4 is 5.32 Å². The summed E-state index contributed by atoms with van der Waals surface area (Å²) < 4.78 is 0. The third kappa shape index (κ3) is 4.56. The minimum absolute atomic E-state index is 0.0642. The van der Waals surface area contributed by atoms with Crippen molar-refractivity contribution in [3.63, 3.8) is 0 Å². The SMILES string of the molecule is O=C(NCC1CCN(Cc2ccsc2)CC1)c1ccc(O)cc1. The highest BCUT2D eigenvalue weighted by Crippen LogP contribution is 2.19. The van der Waals surface area contributed by atoms with E-state index in [0.717, 1.165) is 39.0 Å². The van der Waals surface area contributed by atoms with Gasteiger partial charge in [0.1, 0.15) is 5.75 Å². The number of nitrogens with zero attached hydrogens (tertiary/aromatic N) is 1. The first-order valence-corrected chi connectivity index (χ1v) is 8.95. The number of rotatable bonds is 5. The highest BCUT2D eigenvalue weighted by molar-refractivity contribution is 7.07. The van der Waals surface area contributed by atoms with Gasteiger partial charge in [0, 0.05) is 18.7 Å². The van der Waals surface area contributed by atoms with Crippen LogP contribution in [0.15, 0.2) is 41.1 Å². The number of carbonyl (C=O) groups excluding carboxylic acids is 1. The molecular formula is C18H22N2O2S. The Morgan fingerprint density at radius 3 is 2.61 bits per heavy atom. The van der Waals surface area contributed by atoms with E-state index < -0.39 is 0 Å². The van der Waals surface area contributed by atoms with E-state index in [1.165, 1.54) is 17.7 Å². The Morgan fingerprint density at radius 1 is 1.22 bits per heavy atom. The van der Waals surface area contributed by atoms with Crippen LogP contribution >= 0.6 is 11.3 Å². The third-order valence-electron chi connectivity index (χ3n) is 4.37. The van der Waals surface area contributed by atoms with Gasteiger partial charge in [0.05, 0.1) is 0 Å². The highest BCUT2D eigenvalue weighted by Gasteiger charge is 2.20. The molecule has 3 rings (SSSR count). The van der Waals surface area contributed by atoms with E-state index in [4.69, 9.17) is 0 Å². The van der Waals surface area contributed by atoms with Gasteiger partial charge in [-0.2, -0.15) is 11.3 Å². The Balaban J connectivity index is 1.40. The molecule has 5 heteroatoms. The van der Waals surface area contributed by atoms with Gasteiger partial charge in [-0.15, -0.1) is 0 Å². The number of phenolic OH excluding ortho intramolecular Hbond substituents is 1. The van der Waals surface area contributed by atoms with Crippen molar-refractivity contribution in [2.24, 2.45) is 5.92 Å². The molecule has 1 aliphatic heterocycles.